The summed E-state index contributed by atoms with van der Waals surface area (Å²) in [5.74, 6) is 3.88. The summed E-state index contributed by atoms with van der Waals surface area (Å²) in [6.07, 6.45) is 13.3. The van der Waals surface area contributed by atoms with Crippen molar-refractivity contribution in [1.82, 2.24) is 0 Å². The van der Waals surface area contributed by atoms with Gasteiger partial charge >= 0.3 is 0 Å². The van der Waals surface area contributed by atoms with Gasteiger partial charge in [0.25, 0.3) is 0 Å². The summed E-state index contributed by atoms with van der Waals surface area (Å²) in [7, 11) is 0. The van der Waals surface area contributed by atoms with E-state index in [1.54, 1.807) is 16.7 Å². The fourth-order valence-corrected chi connectivity index (χ4v) is 7.22. The monoisotopic (exact) mass is 326 g/mol. The first-order chi connectivity index (χ1) is 11.5. The molecular formula is C23H34O. The first-order valence-corrected chi connectivity index (χ1v) is 10.4. The largest absolute Gasteiger partial charge is 0.299 e. The van der Waals surface area contributed by atoms with E-state index < -0.39 is 0 Å². The van der Waals surface area contributed by atoms with Crippen molar-refractivity contribution in [3.8, 4) is 0 Å². The number of fused-ring (bicyclic) bond motifs is 4. The molecule has 0 radical (unpaired) electrons. The maximum Gasteiger partial charge on any atom is 0.137 e. The number of hydrogen-bond donors (Lipinski definition) is 0. The van der Waals surface area contributed by atoms with Gasteiger partial charge in [-0.1, -0.05) is 43.6 Å². The van der Waals surface area contributed by atoms with Gasteiger partial charge in [-0.2, -0.15) is 0 Å². The van der Waals surface area contributed by atoms with Crippen LogP contribution in [0.2, 0.25) is 0 Å². The van der Waals surface area contributed by atoms with E-state index in [1.807, 2.05) is 0 Å². The molecule has 0 aromatic carbocycles. The maximum atomic E-state index is 11.8. The van der Waals surface area contributed by atoms with Crippen molar-refractivity contribution < 1.29 is 4.79 Å². The fraction of sp³-hybridized carbons (Fsp3) is 0.783. The molecule has 0 bridgehead atoms. The van der Waals surface area contributed by atoms with E-state index >= 15 is 0 Å². The number of rotatable bonds is 3. The van der Waals surface area contributed by atoms with Crippen molar-refractivity contribution in [2.24, 2.45) is 29.1 Å². The van der Waals surface area contributed by atoms with Crippen LogP contribution in [-0.4, -0.2) is 5.78 Å². The van der Waals surface area contributed by atoms with Gasteiger partial charge in [0, 0.05) is 12.8 Å². The quantitative estimate of drug-likeness (QED) is 0.561. The van der Waals surface area contributed by atoms with Crippen LogP contribution < -0.4 is 0 Å². The van der Waals surface area contributed by atoms with Gasteiger partial charge < -0.3 is 0 Å². The minimum Gasteiger partial charge on any atom is -0.299 e. The van der Waals surface area contributed by atoms with Crippen LogP contribution in [0.3, 0.4) is 0 Å². The number of allylic oxidation sites excluding steroid dienone is 3. The maximum absolute atomic E-state index is 11.8. The van der Waals surface area contributed by atoms with Crippen molar-refractivity contribution in [2.75, 3.05) is 0 Å². The molecule has 4 rings (SSSR count). The third kappa shape index (κ3) is 2.45. The second kappa shape index (κ2) is 6.15. The molecule has 0 aliphatic heterocycles. The average molecular weight is 327 g/mol. The van der Waals surface area contributed by atoms with Gasteiger partial charge in [0.2, 0.25) is 0 Å². The van der Waals surface area contributed by atoms with Gasteiger partial charge in [-0.05, 0) is 80.5 Å². The minimum absolute atomic E-state index is 0.490. The van der Waals surface area contributed by atoms with Crippen LogP contribution in [0.5, 0.6) is 0 Å². The Bertz CT molecular complexity index is 583. The van der Waals surface area contributed by atoms with Gasteiger partial charge in [0.15, 0.2) is 0 Å². The Labute approximate surface area is 148 Å². The van der Waals surface area contributed by atoms with E-state index in [0.29, 0.717) is 11.2 Å². The predicted molar refractivity (Wildman–Crippen MR) is 99.7 cm³/mol. The summed E-state index contributed by atoms with van der Waals surface area (Å²) < 4.78 is 0. The third-order valence-corrected chi connectivity index (χ3v) is 8.27. The summed E-state index contributed by atoms with van der Waals surface area (Å²) in [5, 5.41) is 0. The van der Waals surface area contributed by atoms with Crippen LogP contribution in [0.15, 0.2) is 23.3 Å². The predicted octanol–water partition coefficient (Wildman–Crippen LogP) is 6.24. The Morgan fingerprint density at radius 1 is 1.17 bits per heavy atom. The molecule has 4 aliphatic carbocycles. The lowest BCUT2D eigenvalue weighted by atomic mass is 9.52. The Balaban J connectivity index is 1.58. The average Bonchev–Trinajstić information content (AvgIpc) is 2.92. The molecule has 4 aliphatic rings. The molecule has 1 nitrogen and oxygen atoms in total. The molecule has 0 aromatic rings. The van der Waals surface area contributed by atoms with Crippen molar-refractivity contribution in [2.45, 2.75) is 84.5 Å². The molecule has 2 fully saturated rings. The van der Waals surface area contributed by atoms with E-state index in [-0.39, 0.29) is 0 Å². The van der Waals surface area contributed by atoms with Gasteiger partial charge in [0.1, 0.15) is 5.78 Å². The molecule has 0 heterocycles. The standard InChI is InChI=1S/C23H34O/c1-4-5-15(2)21-10-11-22-20-8-6-16-14-17(24)7-9-18(16)19(20)12-13-23(21,22)3/h19-22H,2,4-14H2,1,3H3/t19?,20?,21-,22?,23-/m1/s1. The molecule has 5 atom stereocenters. The number of Topliss-reactive ketones (excluding diaryl/α,β-unsaturated/α-hetero) is 1. The van der Waals surface area contributed by atoms with Crippen LogP contribution in [0, 0.1) is 29.1 Å². The number of carbonyl (C=O) groups is 1. The van der Waals surface area contributed by atoms with Crippen LogP contribution >= 0.6 is 0 Å². The first kappa shape index (κ1) is 16.6. The molecular weight excluding hydrogens is 292 g/mol. The van der Waals surface area contributed by atoms with Crippen molar-refractivity contribution in [1.29, 1.82) is 0 Å². The van der Waals surface area contributed by atoms with Gasteiger partial charge in [-0.25, -0.2) is 0 Å². The Morgan fingerprint density at radius 3 is 2.79 bits per heavy atom. The van der Waals surface area contributed by atoms with Crippen LogP contribution in [0.1, 0.15) is 84.5 Å². The lowest BCUT2D eigenvalue weighted by Crippen LogP contribution is -2.44. The smallest absolute Gasteiger partial charge is 0.137 e. The molecule has 2 saturated carbocycles. The summed E-state index contributed by atoms with van der Waals surface area (Å²) in [6, 6.07) is 0. The number of carbonyl (C=O) groups excluding carboxylic acids is 1. The van der Waals surface area contributed by atoms with Crippen molar-refractivity contribution in [3.05, 3.63) is 23.3 Å². The summed E-state index contributed by atoms with van der Waals surface area (Å²) in [5.41, 5.74) is 5.35. The lowest BCUT2D eigenvalue weighted by Gasteiger charge is -2.52. The molecule has 1 heteroatoms. The van der Waals surface area contributed by atoms with E-state index in [1.165, 1.54) is 51.4 Å². The van der Waals surface area contributed by atoms with Crippen LogP contribution in [-0.2, 0) is 4.79 Å². The highest BCUT2D eigenvalue weighted by atomic mass is 16.1. The van der Waals surface area contributed by atoms with Crippen molar-refractivity contribution in [3.63, 3.8) is 0 Å². The molecule has 3 unspecified atom stereocenters. The van der Waals surface area contributed by atoms with Crippen molar-refractivity contribution >= 4 is 5.78 Å². The molecule has 0 aromatic heterocycles. The highest BCUT2D eigenvalue weighted by Gasteiger charge is 2.55. The molecule has 24 heavy (non-hydrogen) atoms. The van der Waals surface area contributed by atoms with E-state index in [0.717, 1.165) is 42.9 Å². The second-order valence-electron chi connectivity index (χ2n) is 9.34. The Hall–Kier alpha value is -0.850. The highest BCUT2D eigenvalue weighted by Crippen LogP contribution is 2.64. The summed E-state index contributed by atoms with van der Waals surface area (Å²) in [4.78, 5) is 11.8. The zero-order chi connectivity index (χ0) is 16.9. The zero-order valence-corrected chi connectivity index (χ0v) is 15.7. The Kier molecular flexibility index (Phi) is 4.25. The highest BCUT2D eigenvalue weighted by molar-refractivity contribution is 5.82. The van der Waals surface area contributed by atoms with E-state index in [4.69, 9.17) is 0 Å². The zero-order valence-electron chi connectivity index (χ0n) is 15.7. The SMILES string of the molecule is C=C(CCC)[C@H]1CCC2C3CCC4=C(CCC(=O)C4)C3CC[C@@]21C. The fourth-order valence-electron chi connectivity index (χ4n) is 7.22. The molecule has 0 spiro atoms. The number of hydrogen-bond acceptors (Lipinski definition) is 1. The van der Waals surface area contributed by atoms with Gasteiger partial charge in [0.05, 0.1) is 0 Å². The molecule has 132 valence electrons. The van der Waals surface area contributed by atoms with Crippen LogP contribution in [0.25, 0.3) is 0 Å². The van der Waals surface area contributed by atoms with E-state index in [2.05, 4.69) is 20.4 Å². The second-order valence-corrected chi connectivity index (χ2v) is 9.34. The lowest BCUT2D eigenvalue weighted by molar-refractivity contribution is -0.119. The third-order valence-electron chi connectivity index (χ3n) is 8.27. The van der Waals surface area contributed by atoms with Gasteiger partial charge in [-0.15, -0.1) is 0 Å². The summed E-state index contributed by atoms with van der Waals surface area (Å²) >= 11 is 0. The first-order valence-electron chi connectivity index (χ1n) is 10.4. The minimum atomic E-state index is 0.490. The summed E-state index contributed by atoms with van der Waals surface area (Å²) in [6.45, 7) is 9.38. The van der Waals surface area contributed by atoms with Gasteiger partial charge in [-0.3, -0.25) is 4.79 Å². The Morgan fingerprint density at radius 2 is 2.00 bits per heavy atom. The van der Waals surface area contributed by atoms with Crippen LogP contribution in [0.4, 0.5) is 0 Å². The molecule has 0 saturated heterocycles. The molecule has 0 amide bonds. The van der Waals surface area contributed by atoms with E-state index in [9.17, 15) is 4.79 Å². The normalized spacial score (nSPS) is 41.7. The topological polar surface area (TPSA) is 17.1 Å². The molecule has 0 N–H and O–H groups in total. The number of ketones is 1.